The second-order valence-corrected chi connectivity index (χ2v) is 9.25. The number of allylic oxidation sites excluding steroid dienone is 2. The van der Waals surface area contributed by atoms with Gasteiger partial charge in [0.05, 0.1) is 5.60 Å². The quantitative estimate of drug-likeness (QED) is 0.420. The molecule has 0 saturated carbocycles. The summed E-state index contributed by atoms with van der Waals surface area (Å²) in [7, 11) is 0. The summed E-state index contributed by atoms with van der Waals surface area (Å²) in [5.41, 5.74) is 0.937. The molecule has 4 nitrogen and oxygen atoms in total. The van der Waals surface area contributed by atoms with E-state index in [1.807, 2.05) is 51.1 Å². The second-order valence-electron chi connectivity index (χ2n) is 8.81. The molecule has 1 aromatic rings. The molecule has 1 aliphatic heterocycles. The Morgan fingerprint density at radius 1 is 1.13 bits per heavy atom. The van der Waals surface area contributed by atoms with Gasteiger partial charge in [-0.15, -0.1) is 0 Å². The molecule has 0 amide bonds. The maximum atomic E-state index is 12.6. The zero-order chi connectivity index (χ0) is 23.1. The normalized spacial score (nSPS) is 19.8. The van der Waals surface area contributed by atoms with Crippen molar-refractivity contribution in [3.63, 3.8) is 0 Å². The summed E-state index contributed by atoms with van der Waals surface area (Å²) in [5, 5.41) is 22.1. The van der Waals surface area contributed by atoms with E-state index in [0.29, 0.717) is 30.8 Å². The van der Waals surface area contributed by atoms with Gasteiger partial charge >= 0.3 is 5.97 Å². The van der Waals surface area contributed by atoms with Crippen molar-refractivity contribution in [2.45, 2.75) is 71.8 Å². The van der Waals surface area contributed by atoms with Crippen molar-refractivity contribution in [1.82, 2.24) is 4.90 Å². The molecule has 1 aliphatic rings. The summed E-state index contributed by atoms with van der Waals surface area (Å²) >= 11 is 5.99. The molecule has 0 radical (unpaired) electrons. The molecule has 1 aromatic carbocycles. The Labute approximate surface area is 192 Å². The van der Waals surface area contributed by atoms with E-state index >= 15 is 0 Å². The number of benzene rings is 1. The monoisotopic (exact) mass is 447 g/mol. The fourth-order valence-corrected chi connectivity index (χ4v) is 4.81. The molecule has 1 unspecified atom stereocenters. The Morgan fingerprint density at radius 3 is 2.23 bits per heavy atom. The topological polar surface area (TPSA) is 60.8 Å². The van der Waals surface area contributed by atoms with Crippen molar-refractivity contribution in [2.24, 2.45) is 5.41 Å². The highest BCUT2D eigenvalue weighted by atomic mass is 35.5. The maximum Gasteiger partial charge on any atom is 0.317 e. The van der Waals surface area contributed by atoms with Crippen molar-refractivity contribution < 1.29 is 15.0 Å². The first-order valence-electron chi connectivity index (χ1n) is 11.5. The third kappa shape index (κ3) is 6.00. The number of nitrogens with zero attached hydrogens (tertiary/aromatic N) is 1. The molecule has 0 aliphatic carbocycles. The van der Waals surface area contributed by atoms with Gasteiger partial charge < -0.3 is 15.1 Å². The van der Waals surface area contributed by atoms with Crippen LogP contribution in [0.15, 0.2) is 47.6 Å². The zero-order valence-corrected chi connectivity index (χ0v) is 20.2. The van der Waals surface area contributed by atoms with Gasteiger partial charge in [-0.25, -0.2) is 0 Å². The van der Waals surface area contributed by atoms with Crippen molar-refractivity contribution in [2.75, 3.05) is 19.6 Å². The SMILES string of the molecule is CC/C=C(\C)C(CCN1CCC(O)(c2ccc(Cl)cc2)CC1)(C(=O)O)/C(C)=C/CCC. The number of likely N-dealkylation sites (tertiary alicyclic amines) is 1. The average Bonchev–Trinajstić information content (AvgIpc) is 2.74. The van der Waals surface area contributed by atoms with Gasteiger partial charge in [-0.05, 0) is 70.2 Å². The molecular formula is C26H38ClNO3. The zero-order valence-electron chi connectivity index (χ0n) is 19.5. The highest BCUT2D eigenvalue weighted by Crippen LogP contribution is 2.41. The largest absolute Gasteiger partial charge is 0.480 e. The Hall–Kier alpha value is -1.62. The molecule has 1 saturated heterocycles. The minimum atomic E-state index is -0.963. The molecule has 0 spiro atoms. The van der Waals surface area contributed by atoms with Crippen LogP contribution in [-0.2, 0) is 10.4 Å². The molecule has 1 atom stereocenters. The summed E-state index contributed by atoms with van der Waals surface area (Å²) in [5.74, 6) is -0.769. The van der Waals surface area contributed by atoms with E-state index in [4.69, 9.17) is 11.6 Å². The molecule has 2 N–H and O–H groups in total. The first kappa shape index (κ1) is 25.6. The number of aliphatic carboxylic acids is 1. The predicted octanol–water partition coefficient (Wildman–Crippen LogP) is 6.19. The maximum absolute atomic E-state index is 12.6. The molecule has 31 heavy (non-hydrogen) atoms. The van der Waals surface area contributed by atoms with Crippen LogP contribution in [0.2, 0.25) is 5.02 Å². The third-order valence-electron chi connectivity index (χ3n) is 6.83. The molecule has 5 heteroatoms. The number of piperidine rings is 1. The number of halogens is 1. The Balaban J connectivity index is 2.14. The third-order valence-corrected chi connectivity index (χ3v) is 7.08. The molecular weight excluding hydrogens is 410 g/mol. The van der Waals surface area contributed by atoms with Gasteiger partial charge in [0.15, 0.2) is 0 Å². The van der Waals surface area contributed by atoms with Gasteiger partial charge in [-0.1, -0.05) is 67.3 Å². The lowest BCUT2D eigenvalue weighted by atomic mass is 9.71. The summed E-state index contributed by atoms with van der Waals surface area (Å²) in [6.07, 6.45) is 8.64. The number of unbranched alkanes of at least 4 members (excludes halogenated alkanes) is 1. The minimum Gasteiger partial charge on any atom is -0.480 e. The van der Waals surface area contributed by atoms with Crippen LogP contribution in [-0.4, -0.2) is 40.7 Å². The Morgan fingerprint density at radius 2 is 1.71 bits per heavy atom. The predicted molar refractivity (Wildman–Crippen MR) is 128 cm³/mol. The van der Waals surface area contributed by atoms with Crippen LogP contribution >= 0.6 is 11.6 Å². The van der Waals surface area contributed by atoms with Crippen LogP contribution in [0.3, 0.4) is 0 Å². The van der Waals surface area contributed by atoms with Crippen molar-refractivity contribution in [3.05, 3.63) is 58.1 Å². The van der Waals surface area contributed by atoms with Gasteiger partial charge in [-0.2, -0.15) is 0 Å². The van der Waals surface area contributed by atoms with E-state index in [2.05, 4.69) is 17.9 Å². The molecule has 1 fully saturated rings. The molecule has 2 rings (SSSR count). The van der Waals surface area contributed by atoms with Crippen molar-refractivity contribution in [3.8, 4) is 0 Å². The first-order chi connectivity index (χ1) is 14.7. The first-order valence-corrected chi connectivity index (χ1v) is 11.9. The number of hydrogen-bond donors (Lipinski definition) is 2. The van der Waals surface area contributed by atoms with Crippen LogP contribution in [0, 0.1) is 5.41 Å². The number of rotatable bonds is 10. The molecule has 172 valence electrons. The summed E-state index contributed by atoms with van der Waals surface area (Å²) < 4.78 is 0. The standard InChI is InChI=1S/C26H38ClNO3/c1-5-7-9-21(4)26(24(29)30,20(3)8-6-2)16-19-28-17-14-25(31,15-18-28)22-10-12-23(27)13-11-22/h8-13,31H,5-7,14-19H2,1-4H3,(H,29,30)/b20-8+,21-9+. The fourth-order valence-electron chi connectivity index (χ4n) is 4.69. The van der Waals surface area contributed by atoms with Gasteiger partial charge in [-0.3, -0.25) is 4.79 Å². The van der Waals surface area contributed by atoms with Crippen LogP contribution < -0.4 is 0 Å². The second kappa shape index (κ2) is 11.3. The van der Waals surface area contributed by atoms with Gasteiger partial charge in [0.1, 0.15) is 5.41 Å². The fraction of sp³-hybridized carbons (Fsp3) is 0.577. The summed E-state index contributed by atoms with van der Waals surface area (Å²) in [6.45, 7) is 10.2. The van der Waals surface area contributed by atoms with E-state index in [9.17, 15) is 15.0 Å². The number of carboxylic acids is 1. The Bertz CT molecular complexity index is 791. The van der Waals surface area contributed by atoms with Crippen molar-refractivity contribution >= 4 is 17.6 Å². The van der Waals surface area contributed by atoms with E-state index in [1.54, 1.807) is 0 Å². The highest BCUT2D eigenvalue weighted by molar-refractivity contribution is 6.30. The highest BCUT2D eigenvalue weighted by Gasteiger charge is 2.42. The molecule has 0 bridgehead atoms. The lowest BCUT2D eigenvalue weighted by Gasteiger charge is -2.40. The summed E-state index contributed by atoms with van der Waals surface area (Å²) in [6, 6.07) is 7.43. The van der Waals surface area contributed by atoms with Crippen LogP contribution in [0.1, 0.15) is 71.8 Å². The van der Waals surface area contributed by atoms with Crippen LogP contribution in [0.4, 0.5) is 0 Å². The number of carboxylic acid groups (broad SMARTS) is 1. The van der Waals surface area contributed by atoms with Gasteiger partial charge in [0.25, 0.3) is 0 Å². The molecule has 0 aromatic heterocycles. The van der Waals surface area contributed by atoms with E-state index in [1.165, 1.54) is 0 Å². The van der Waals surface area contributed by atoms with E-state index in [-0.39, 0.29) is 0 Å². The lowest BCUT2D eigenvalue weighted by Crippen LogP contribution is -2.45. The van der Waals surface area contributed by atoms with Crippen molar-refractivity contribution in [1.29, 1.82) is 0 Å². The van der Waals surface area contributed by atoms with Crippen LogP contribution in [0.25, 0.3) is 0 Å². The number of hydrogen-bond acceptors (Lipinski definition) is 3. The number of aliphatic hydroxyl groups is 1. The summed E-state index contributed by atoms with van der Waals surface area (Å²) in [4.78, 5) is 14.9. The number of carbonyl (C=O) groups is 1. The Kier molecular flexibility index (Phi) is 9.35. The molecule has 1 heterocycles. The average molecular weight is 448 g/mol. The van der Waals surface area contributed by atoms with E-state index < -0.39 is 17.0 Å². The lowest BCUT2D eigenvalue weighted by molar-refractivity contribution is -0.145. The van der Waals surface area contributed by atoms with E-state index in [0.717, 1.165) is 49.1 Å². The smallest absolute Gasteiger partial charge is 0.317 e. The van der Waals surface area contributed by atoms with Gasteiger partial charge in [0.2, 0.25) is 0 Å². The minimum absolute atomic E-state index is 0.538. The van der Waals surface area contributed by atoms with Gasteiger partial charge in [0, 0.05) is 18.1 Å². The van der Waals surface area contributed by atoms with Crippen LogP contribution in [0.5, 0.6) is 0 Å².